The largest absolute Gasteiger partial charge is 0.507 e. The van der Waals surface area contributed by atoms with Gasteiger partial charge >= 0.3 is 5.91 Å². The number of carbonyl (C=O) groups excluding carboxylic acids is 2. The number of hydrogen-bond donors (Lipinski definition) is 1. The first kappa shape index (κ1) is 29.1. The smallest absolute Gasteiger partial charge is 0.301 e. The summed E-state index contributed by atoms with van der Waals surface area (Å²) in [7, 11) is 0. The second kappa shape index (κ2) is 12.6. The number of anilines is 1. The van der Waals surface area contributed by atoms with Gasteiger partial charge in [-0.2, -0.15) is 0 Å². The fourth-order valence-electron chi connectivity index (χ4n) is 4.24. The predicted molar refractivity (Wildman–Crippen MR) is 159 cm³/mol. The lowest BCUT2D eigenvalue weighted by Gasteiger charge is -2.23. The molecule has 0 radical (unpaired) electrons. The van der Waals surface area contributed by atoms with E-state index in [1.165, 1.54) is 40.9 Å². The normalized spacial score (nSPS) is 16.4. The van der Waals surface area contributed by atoms with Gasteiger partial charge in [0.15, 0.2) is 4.34 Å². The van der Waals surface area contributed by atoms with E-state index in [9.17, 15) is 19.1 Å². The summed E-state index contributed by atoms with van der Waals surface area (Å²) < 4.78 is 19.9. The lowest BCUT2D eigenvalue weighted by molar-refractivity contribution is -0.132. The zero-order valence-electron chi connectivity index (χ0n) is 21.5. The van der Waals surface area contributed by atoms with Gasteiger partial charge in [0, 0.05) is 21.4 Å². The minimum atomic E-state index is -1.03. The molecule has 4 aromatic rings. The topological polar surface area (TPSA) is 92.6 Å². The van der Waals surface area contributed by atoms with Crippen LogP contribution >= 0.6 is 46.3 Å². The molecule has 1 aliphatic rings. The monoisotopic (exact) mass is 629 g/mol. The van der Waals surface area contributed by atoms with Crippen LogP contribution in [0.15, 0.2) is 76.6 Å². The zero-order valence-corrected chi connectivity index (χ0v) is 24.7. The van der Waals surface area contributed by atoms with Crippen molar-refractivity contribution in [2.24, 2.45) is 0 Å². The number of aliphatic hydroxyl groups excluding tert-OH is 1. The molecule has 1 atom stereocenters. The fourth-order valence-corrected chi connectivity index (χ4v) is 6.67. The molecule has 5 rings (SSSR count). The number of halogens is 3. The van der Waals surface area contributed by atoms with Crippen molar-refractivity contribution >= 4 is 68.9 Å². The molecule has 41 heavy (non-hydrogen) atoms. The van der Waals surface area contributed by atoms with Crippen LogP contribution in [0.1, 0.15) is 36.1 Å². The van der Waals surface area contributed by atoms with Crippen molar-refractivity contribution in [3.8, 4) is 5.75 Å². The van der Waals surface area contributed by atoms with E-state index in [-0.39, 0.29) is 16.3 Å². The number of aromatic nitrogens is 2. The first-order valence-corrected chi connectivity index (χ1v) is 15.0. The molecule has 1 unspecified atom stereocenters. The number of ketones is 1. The molecule has 2 heterocycles. The van der Waals surface area contributed by atoms with Gasteiger partial charge in [0.05, 0.1) is 18.2 Å². The van der Waals surface area contributed by atoms with Crippen molar-refractivity contribution in [2.45, 2.75) is 29.5 Å². The second-order valence-electron chi connectivity index (χ2n) is 8.97. The molecule has 210 valence electrons. The maximum Gasteiger partial charge on any atom is 0.301 e. The molecule has 1 amide bonds. The molecule has 0 saturated carbocycles. The summed E-state index contributed by atoms with van der Waals surface area (Å²) >= 11 is 14.8. The third kappa shape index (κ3) is 6.25. The van der Waals surface area contributed by atoms with Crippen LogP contribution in [-0.2, 0) is 15.3 Å². The molecule has 3 aromatic carbocycles. The highest BCUT2D eigenvalue weighted by Crippen LogP contribution is 2.44. The van der Waals surface area contributed by atoms with Crippen LogP contribution in [0.3, 0.4) is 0 Å². The molecule has 0 spiro atoms. The van der Waals surface area contributed by atoms with Gasteiger partial charge in [-0.1, -0.05) is 71.4 Å². The number of rotatable bonds is 9. The van der Waals surface area contributed by atoms with E-state index >= 15 is 0 Å². The minimum absolute atomic E-state index is 0.147. The van der Waals surface area contributed by atoms with Crippen molar-refractivity contribution in [1.82, 2.24) is 10.2 Å². The Bertz CT molecular complexity index is 1650. The van der Waals surface area contributed by atoms with E-state index in [0.717, 1.165) is 23.3 Å². The van der Waals surface area contributed by atoms with E-state index in [4.69, 9.17) is 27.9 Å². The maximum absolute atomic E-state index is 13.6. The molecule has 1 N–H and O–H groups in total. The average molecular weight is 631 g/mol. The molecule has 1 aliphatic heterocycles. The van der Waals surface area contributed by atoms with Gasteiger partial charge < -0.3 is 9.84 Å². The molecule has 7 nitrogen and oxygen atoms in total. The van der Waals surface area contributed by atoms with Crippen LogP contribution < -0.4 is 9.64 Å². The third-order valence-electron chi connectivity index (χ3n) is 6.18. The van der Waals surface area contributed by atoms with Gasteiger partial charge in [0.1, 0.15) is 17.3 Å². The molecule has 12 heteroatoms. The summed E-state index contributed by atoms with van der Waals surface area (Å²) in [6, 6.07) is 16.2. The molecular weight excluding hydrogens is 608 g/mol. The summed E-state index contributed by atoms with van der Waals surface area (Å²) in [5, 5.41) is 20.9. The van der Waals surface area contributed by atoms with Gasteiger partial charge in [-0.3, -0.25) is 14.5 Å². The minimum Gasteiger partial charge on any atom is -0.507 e. The van der Waals surface area contributed by atoms with Crippen LogP contribution in [0, 0.1) is 5.82 Å². The number of ether oxygens (including phenoxy) is 1. The van der Waals surface area contributed by atoms with Gasteiger partial charge in [-0.25, -0.2) is 4.39 Å². The van der Waals surface area contributed by atoms with Crippen molar-refractivity contribution in [1.29, 1.82) is 0 Å². The Labute approximate surface area is 253 Å². The summed E-state index contributed by atoms with van der Waals surface area (Å²) in [6.07, 6.45) is 0.791. The summed E-state index contributed by atoms with van der Waals surface area (Å²) in [5.41, 5.74) is 1.42. The van der Waals surface area contributed by atoms with Crippen LogP contribution in [0.2, 0.25) is 10.0 Å². The number of thioether (sulfide) groups is 1. The summed E-state index contributed by atoms with van der Waals surface area (Å²) in [6.45, 7) is 2.46. The van der Waals surface area contributed by atoms with Crippen LogP contribution in [0.25, 0.3) is 5.76 Å². The van der Waals surface area contributed by atoms with Gasteiger partial charge in [-0.15, -0.1) is 10.2 Å². The Morgan fingerprint density at radius 3 is 2.61 bits per heavy atom. The van der Waals surface area contributed by atoms with E-state index in [0.29, 0.717) is 38.1 Å². The number of benzene rings is 3. The van der Waals surface area contributed by atoms with E-state index < -0.39 is 29.3 Å². The highest BCUT2D eigenvalue weighted by Gasteiger charge is 2.48. The highest BCUT2D eigenvalue weighted by atomic mass is 35.5. The molecule has 1 aromatic heterocycles. The first-order chi connectivity index (χ1) is 19.8. The predicted octanol–water partition coefficient (Wildman–Crippen LogP) is 7.69. The SMILES string of the molecule is CCCOc1cccc(C2/C(=C(\O)c3ccc(F)cc3)C(=O)C(=O)N2c2nnc(SCc3ccc(Cl)cc3Cl)s2)c1. The average Bonchev–Trinajstić information content (AvgIpc) is 3.53. The third-order valence-corrected chi connectivity index (χ3v) is 8.87. The molecular formula is C29H22Cl2FN3O4S2. The Balaban J connectivity index is 1.54. The Morgan fingerprint density at radius 1 is 1.10 bits per heavy atom. The number of aliphatic hydroxyl groups is 1. The van der Waals surface area contributed by atoms with Crippen molar-refractivity contribution in [3.63, 3.8) is 0 Å². The molecule has 0 aliphatic carbocycles. The van der Waals surface area contributed by atoms with Crippen LogP contribution in [-0.4, -0.2) is 33.6 Å². The lowest BCUT2D eigenvalue weighted by atomic mass is 9.95. The number of carbonyl (C=O) groups is 2. The number of nitrogens with zero attached hydrogens (tertiary/aromatic N) is 3. The van der Waals surface area contributed by atoms with Gasteiger partial charge in [0.2, 0.25) is 5.13 Å². The standard InChI is InChI=1S/C29H22Cl2FN3O4S2/c1-2-12-39-21-5-3-4-17(13-21)24-23(25(36)16-7-10-20(32)11-8-16)26(37)27(38)35(24)28-33-34-29(41-28)40-15-18-6-9-19(30)14-22(18)31/h3-11,13-14,24,36H,2,12,15H2,1H3/b25-23+. The van der Waals surface area contributed by atoms with E-state index in [1.807, 2.05) is 13.0 Å². The summed E-state index contributed by atoms with van der Waals surface area (Å²) in [5.74, 6) is -1.66. The Morgan fingerprint density at radius 2 is 1.88 bits per heavy atom. The van der Waals surface area contributed by atoms with Gasteiger partial charge in [-0.05, 0) is 66.1 Å². The molecule has 1 fully saturated rings. The molecule has 0 bridgehead atoms. The highest BCUT2D eigenvalue weighted by molar-refractivity contribution is 8.00. The van der Waals surface area contributed by atoms with Crippen molar-refractivity contribution in [2.75, 3.05) is 11.5 Å². The lowest BCUT2D eigenvalue weighted by Crippen LogP contribution is -2.29. The maximum atomic E-state index is 13.6. The quantitative estimate of drug-likeness (QED) is 0.0667. The van der Waals surface area contributed by atoms with Crippen LogP contribution in [0.4, 0.5) is 9.52 Å². The van der Waals surface area contributed by atoms with E-state index in [1.54, 1.807) is 36.4 Å². The van der Waals surface area contributed by atoms with E-state index in [2.05, 4.69) is 10.2 Å². The zero-order chi connectivity index (χ0) is 29.1. The fraction of sp³-hybridized carbons (Fsp3) is 0.172. The summed E-state index contributed by atoms with van der Waals surface area (Å²) in [4.78, 5) is 28.1. The van der Waals surface area contributed by atoms with Crippen molar-refractivity contribution in [3.05, 3.63) is 105 Å². The Hall–Kier alpha value is -3.44. The first-order valence-electron chi connectivity index (χ1n) is 12.5. The Kier molecular flexibility index (Phi) is 8.94. The van der Waals surface area contributed by atoms with Crippen molar-refractivity contribution < 1.29 is 23.8 Å². The molecule has 1 saturated heterocycles. The van der Waals surface area contributed by atoms with Crippen LogP contribution in [0.5, 0.6) is 5.75 Å². The number of hydrogen-bond acceptors (Lipinski definition) is 8. The number of Topliss-reactive ketones (excluding diaryl/α,β-unsaturated/α-hetero) is 1. The second-order valence-corrected chi connectivity index (χ2v) is 12.0. The van der Waals surface area contributed by atoms with Gasteiger partial charge in [0.25, 0.3) is 5.78 Å². The number of amides is 1.